The van der Waals surface area contributed by atoms with E-state index in [1.54, 1.807) is 24.6 Å². The highest BCUT2D eigenvalue weighted by Crippen LogP contribution is 2.28. The molecule has 1 aliphatic heterocycles. The van der Waals surface area contributed by atoms with E-state index in [9.17, 15) is 13.6 Å². The van der Waals surface area contributed by atoms with Crippen molar-refractivity contribution in [1.82, 2.24) is 14.7 Å². The molecule has 1 fully saturated rings. The minimum atomic E-state index is -0.878. The molecule has 0 atom stereocenters. The van der Waals surface area contributed by atoms with Crippen molar-refractivity contribution in [1.29, 1.82) is 0 Å². The first-order valence-corrected chi connectivity index (χ1v) is 9.31. The third kappa shape index (κ3) is 3.10. The summed E-state index contributed by atoms with van der Waals surface area (Å²) < 4.78 is 29.2. The summed E-state index contributed by atoms with van der Waals surface area (Å²) in [5, 5.41) is 5.52. The highest BCUT2D eigenvalue weighted by molar-refractivity contribution is 5.87. The van der Waals surface area contributed by atoms with Crippen LogP contribution in [0.15, 0.2) is 30.3 Å². The number of nitrogens with zero attached hydrogens (tertiary/aromatic N) is 4. The van der Waals surface area contributed by atoms with Crippen LogP contribution in [0.3, 0.4) is 0 Å². The normalized spacial score (nSPS) is 14.8. The Hall–Kier alpha value is -2.96. The van der Waals surface area contributed by atoms with Crippen LogP contribution in [0.5, 0.6) is 0 Å². The van der Waals surface area contributed by atoms with Crippen LogP contribution in [0, 0.1) is 25.5 Å². The summed E-state index contributed by atoms with van der Waals surface area (Å²) in [5.74, 6) is -1.60. The highest BCUT2D eigenvalue weighted by Gasteiger charge is 2.20. The van der Waals surface area contributed by atoms with Gasteiger partial charge >= 0.3 is 0 Å². The van der Waals surface area contributed by atoms with Gasteiger partial charge in [-0.2, -0.15) is 5.10 Å². The van der Waals surface area contributed by atoms with Crippen molar-refractivity contribution in [3.8, 4) is 5.69 Å². The smallest absolute Gasteiger partial charge is 0.219 e. The van der Waals surface area contributed by atoms with E-state index in [1.165, 1.54) is 6.07 Å². The molecular formula is C21H22F2N4O. The van der Waals surface area contributed by atoms with Crippen molar-refractivity contribution < 1.29 is 13.6 Å². The number of amides is 1. The van der Waals surface area contributed by atoms with Crippen molar-refractivity contribution in [3.63, 3.8) is 0 Å². The molecule has 146 valence electrons. The number of hydrogen-bond donors (Lipinski definition) is 0. The summed E-state index contributed by atoms with van der Waals surface area (Å²) in [5.41, 5.74) is 3.48. The summed E-state index contributed by atoms with van der Waals surface area (Å²) in [6.45, 7) is 8.02. The lowest BCUT2D eigenvalue weighted by molar-refractivity contribution is -0.129. The molecule has 5 nitrogen and oxygen atoms in total. The maximum Gasteiger partial charge on any atom is 0.219 e. The van der Waals surface area contributed by atoms with Gasteiger partial charge in [-0.25, -0.2) is 13.5 Å². The van der Waals surface area contributed by atoms with Crippen molar-refractivity contribution in [2.24, 2.45) is 0 Å². The number of halogens is 2. The van der Waals surface area contributed by atoms with E-state index in [1.807, 2.05) is 24.0 Å². The minimum Gasteiger partial charge on any atom is -0.368 e. The highest BCUT2D eigenvalue weighted by atomic mass is 19.2. The molecule has 0 spiro atoms. The van der Waals surface area contributed by atoms with E-state index in [2.05, 4.69) is 16.1 Å². The Morgan fingerprint density at radius 2 is 1.71 bits per heavy atom. The first-order valence-electron chi connectivity index (χ1n) is 9.31. The summed E-state index contributed by atoms with van der Waals surface area (Å²) in [7, 11) is 0. The molecule has 2 aromatic carbocycles. The van der Waals surface area contributed by atoms with Crippen LogP contribution in [0.4, 0.5) is 14.5 Å². The van der Waals surface area contributed by atoms with Crippen LogP contribution >= 0.6 is 0 Å². The van der Waals surface area contributed by atoms with Gasteiger partial charge in [0, 0.05) is 50.2 Å². The van der Waals surface area contributed by atoms with Crippen LogP contribution in [0.2, 0.25) is 0 Å². The molecule has 1 aromatic heterocycles. The van der Waals surface area contributed by atoms with Crippen LogP contribution in [-0.4, -0.2) is 46.8 Å². The van der Waals surface area contributed by atoms with Gasteiger partial charge in [0.25, 0.3) is 0 Å². The van der Waals surface area contributed by atoms with Gasteiger partial charge in [0.15, 0.2) is 11.6 Å². The van der Waals surface area contributed by atoms with Gasteiger partial charge < -0.3 is 9.80 Å². The van der Waals surface area contributed by atoms with E-state index < -0.39 is 11.6 Å². The molecule has 3 aromatic rings. The predicted molar refractivity (Wildman–Crippen MR) is 105 cm³/mol. The third-order valence-electron chi connectivity index (χ3n) is 5.38. The first-order chi connectivity index (χ1) is 13.3. The standard InChI is InChI=1S/C21H22F2N4O/c1-13-10-17(12-19(22)21(13)23)27-20-5-4-16(11-18(20)14(2)24-27)26-8-6-25(7-9-26)15(3)28/h4-5,10-12H,6-9H2,1-3H3. The maximum absolute atomic E-state index is 13.9. The topological polar surface area (TPSA) is 41.4 Å². The fourth-order valence-electron chi connectivity index (χ4n) is 3.76. The Kier molecular flexibility index (Phi) is 4.53. The Labute approximate surface area is 162 Å². The SMILES string of the molecule is CC(=O)N1CCN(c2ccc3c(c2)c(C)nn3-c2cc(C)c(F)c(F)c2)CC1. The monoisotopic (exact) mass is 384 g/mol. The summed E-state index contributed by atoms with van der Waals surface area (Å²) in [6.07, 6.45) is 0. The third-order valence-corrected chi connectivity index (χ3v) is 5.38. The fraction of sp³-hybridized carbons (Fsp3) is 0.333. The number of carbonyl (C=O) groups is 1. The molecule has 0 bridgehead atoms. The average molecular weight is 384 g/mol. The predicted octanol–water partition coefficient (Wildman–Crippen LogP) is 3.59. The fourth-order valence-corrected chi connectivity index (χ4v) is 3.76. The molecule has 0 radical (unpaired) electrons. The quantitative estimate of drug-likeness (QED) is 0.678. The molecule has 0 saturated carbocycles. The van der Waals surface area contributed by atoms with E-state index >= 15 is 0 Å². The number of fused-ring (bicyclic) bond motifs is 1. The number of rotatable bonds is 2. The molecule has 1 amide bonds. The molecule has 1 aliphatic rings. The van der Waals surface area contributed by atoms with E-state index in [0.717, 1.165) is 35.4 Å². The molecule has 4 rings (SSSR count). The lowest BCUT2D eigenvalue weighted by Gasteiger charge is -2.35. The Bertz CT molecular complexity index is 1040. The maximum atomic E-state index is 13.9. The number of hydrogen-bond acceptors (Lipinski definition) is 3. The molecular weight excluding hydrogens is 362 g/mol. The van der Waals surface area contributed by atoms with Crippen molar-refractivity contribution in [3.05, 3.63) is 53.2 Å². The average Bonchev–Trinajstić information content (AvgIpc) is 3.02. The summed E-state index contributed by atoms with van der Waals surface area (Å²) >= 11 is 0. The Balaban J connectivity index is 1.69. The first kappa shape index (κ1) is 18.4. The largest absolute Gasteiger partial charge is 0.368 e. The zero-order chi connectivity index (χ0) is 20.0. The van der Waals surface area contributed by atoms with Gasteiger partial charge in [-0.1, -0.05) is 0 Å². The van der Waals surface area contributed by atoms with Crippen LogP contribution in [0.25, 0.3) is 16.6 Å². The Morgan fingerprint density at radius 3 is 2.36 bits per heavy atom. The lowest BCUT2D eigenvalue weighted by atomic mass is 10.1. The zero-order valence-corrected chi connectivity index (χ0v) is 16.2. The van der Waals surface area contributed by atoms with Crippen molar-refractivity contribution in [2.75, 3.05) is 31.1 Å². The Morgan fingerprint density at radius 1 is 1.00 bits per heavy atom. The lowest BCUT2D eigenvalue weighted by Crippen LogP contribution is -2.48. The van der Waals surface area contributed by atoms with E-state index in [4.69, 9.17) is 0 Å². The molecule has 0 unspecified atom stereocenters. The van der Waals surface area contributed by atoms with Gasteiger partial charge in [-0.05, 0) is 43.7 Å². The van der Waals surface area contributed by atoms with Gasteiger partial charge in [0.2, 0.25) is 5.91 Å². The minimum absolute atomic E-state index is 0.106. The molecule has 0 aliphatic carbocycles. The van der Waals surface area contributed by atoms with Gasteiger partial charge in [-0.15, -0.1) is 0 Å². The number of aromatic nitrogens is 2. The molecule has 7 heteroatoms. The van der Waals surface area contributed by atoms with Crippen molar-refractivity contribution >= 4 is 22.5 Å². The second-order valence-electron chi connectivity index (χ2n) is 7.25. The van der Waals surface area contributed by atoms with Crippen LogP contribution in [0.1, 0.15) is 18.2 Å². The molecule has 2 heterocycles. The van der Waals surface area contributed by atoms with Crippen molar-refractivity contribution in [2.45, 2.75) is 20.8 Å². The van der Waals surface area contributed by atoms with Crippen LogP contribution in [-0.2, 0) is 4.79 Å². The van der Waals surface area contributed by atoms with Gasteiger partial charge in [0.1, 0.15) is 0 Å². The number of piperazine rings is 1. The molecule has 28 heavy (non-hydrogen) atoms. The molecule has 1 saturated heterocycles. The number of benzene rings is 2. The van der Waals surface area contributed by atoms with Gasteiger partial charge in [-0.3, -0.25) is 4.79 Å². The van der Waals surface area contributed by atoms with Crippen LogP contribution < -0.4 is 4.90 Å². The van der Waals surface area contributed by atoms with E-state index in [0.29, 0.717) is 18.8 Å². The second kappa shape index (κ2) is 6.89. The zero-order valence-electron chi connectivity index (χ0n) is 16.2. The number of anilines is 1. The summed E-state index contributed by atoms with van der Waals surface area (Å²) in [4.78, 5) is 15.6. The molecule has 0 N–H and O–H groups in total. The number of carbonyl (C=O) groups excluding carboxylic acids is 1. The van der Waals surface area contributed by atoms with Gasteiger partial charge in [0.05, 0.1) is 16.9 Å². The summed E-state index contributed by atoms with van der Waals surface area (Å²) in [6, 6.07) is 8.81. The number of aryl methyl sites for hydroxylation is 2. The second-order valence-corrected chi connectivity index (χ2v) is 7.25. The van der Waals surface area contributed by atoms with E-state index in [-0.39, 0.29) is 11.5 Å².